The zero-order valence-electron chi connectivity index (χ0n) is 15.4. The Morgan fingerprint density at radius 1 is 1.42 bits per heavy atom. The van der Waals surface area contributed by atoms with E-state index in [0.29, 0.717) is 24.8 Å². The minimum Gasteiger partial charge on any atom is -0.394 e. The minimum atomic E-state index is -0.935. The van der Waals surface area contributed by atoms with Crippen LogP contribution in [0.5, 0.6) is 0 Å². The molecular weight excluding hydrogens is 338 g/mol. The average Bonchev–Trinajstić information content (AvgIpc) is 3.17. The third kappa shape index (κ3) is 3.67. The van der Waals surface area contributed by atoms with Crippen LogP contribution in [0.25, 0.3) is 0 Å². The van der Waals surface area contributed by atoms with E-state index >= 15 is 0 Å². The Hall–Kier alpha value is -1.39. The summed E-state index contributed by atoms with van der Waals surface area (Å²) in [4.78, 5) is 14.7. The molecule has 0 saturated carbocycles. The van der Waals surface area contributed by atoms with Crippen LogP contribution < -0.4 is 5.73 Å². The molecule has 3 rings (SSSR count). The summed E-state index contributed by atoms with van der Waals surface area (Å²) in [6, 6.07) is 0. The Bertz CT molecular complexity index is 592. The van der Waals surface area contributed by atoms with Gasteiger partial charge in [-0.15, -0.1) is 0 Å². The zero-order valence-corrected chi connectivity index (χ0v) is 15.4. The zero-order chi connectivity index (χ0) is 18.7. The van der Waals surface area contributed by atoms with Gasteiger partial charge < -0.3 is 30.3 Å². The van der Waals surface area contributed by atoms with Gasteiger partial charge >= 0.3 is 0 Å². The van der Waals surface area contributed by atoms with Gasteiger partial charge in [-0.3, -0.25) is 4.99 Å². The van der Waals surface area contributed by atoms with Crippen molar-refractivity contribution >= 4 is 17.9 Å². The first-order valence-electron chi connectivity index (χ1n) is 9.28. The van der Waals surface area contributed by atoms with Crippen LogP contribution in [0, 0.1) is 0 Å². The SMILES string of the molecule is CCCCCCO[C@@H]1[C@H](O)[C@@H](CO)O[C@H]1N1CN=C2C1=NC=NC2(C)N. The number of rotatable bonds is 8. The molecule has 0 spiro atoms. The average molecular weight is 367 g/mol. The van der Waals surface area contributed by atoms with Crippen molar-refractivity contribution < 1.29 is 19.7 Å². The highest BCUT2D eigenvalue weighted by Crippen LogP contribution is 2.30. The largest absolute Gasteiger partial charge is 0.394 e. The third-order valence-electron chi connectivity index (χ3n) is 4.96. The molecule has 5 atom stereocenters. The van der Waals surface area contributed by atoms with Gasteiger partial charge in [0.25, 0.3) is 0 Å². The number of unbranched alkanes of at least 4 members (excludes halogenated alkanes) is 3. The maximum absolute atomic E-state index is 10.5. The topological polar surface area (TPSA) is 125 Å². The van der Waals surface area contributed by atoms with E-state index in [1.165, 1.54) is 6.34 Å². The molecule has 0 amide bonds. The van der Waals surface area contributed by atoms with E-state index in [4.69, 9.17) is 15.2 Å². The van der Waals surface area contributed by atoms with E-state index in [1.54, 1.807) is 6.92 Å². The Balaban J connectivity index is 1.70. The van der Waals surface area contributed by atoms with Crippen molar-refractivity contribution in [1.29, 1.82) is 0 Å². The molecule has 0 aromatic rings. The fraction of sp³-hybridized carbons (Fsp3) is 0.824. The summed E-state index contributed by atoms with van der Waals surface area (Å²) in [5, 5.41) is 20.0. The van der Waals surface area contributed by atoms with Crippen molar-refractivity contribution in [2.75, 3.05) is 19.9 Å². The van der Waals surface area contributed by atoms with Crippen molar-refractivity contribution in [3.05, 3.63) is 0 Å². The predicted octanol–water partition coefficient (Wildman–Crippen LogP) is -0.141. The molecule has 3 aliphatic heterocycles. The predicted molar refractivity (Wildman–Crippen MR) is 98.3 cm³/mol. The van der Waals surface area contributed by atoms with Gasteiger partial charge in [-0.2, -0.15) is 0 Å². The van der Waals surface area contributed by atoms with Crippen molar-refractivity contribution in [2.45, 2.75) is 69.7 Å². The molecule has 3 aliphatic rings. The molecule has 1 unspecified atom stereocenters. The quantitative estimate of drug-likeness (QED) is 0.513. The first kappa shape index (κ1) is 19.4. The molecule has 3 heterocycles. The van der Waals surface area contributed by atoms with Gasteiger partial charge in [0.1, 0.15) is 37.0 Å². The first-order chi connectivity index (χ1) is 12.5. The van der Waals surface area contributed by atoms with Gasteiger partial charge in [-0.05, 0) is 13.3 Å². The molecule has 26 heavy (non-hydrogen) atoms. The summed E-state index contributed by atoms with van der Waals surface area (Å²) in [5.74, 6) is 0.584. The standard InChI is InChI=1S/C17H29N5O4/c1-3-4-5-6-7-25-13-12(24)11(8-23)26-16(13)22-10-20-14-15(22)19-9-21-17(14,2)18/h9,11-13,16,23-24H,3-8,10,18H2,1-2H3/t11-,12-,13-,16-,17?/m1/s1. The summed E-state index contributed by atoms with van der Waals surface area (Å²) < 4.78 is 11.8. The molecule has 0 radical (unpaired) electrons. The van der Waals surface area contributed by atoms with Crippen molar-refractivity contribution in [2.24, 2.45) is 20.7 Å². The molecular formula is C17H29N5O4. The number of aliphatic imine (C=N–C) groups is 3. The molecule has 1 saturated heterocycles. The second-order valence-electron chi connectivity index (χ2n) is 7.10. The smallest absolute Gasteiger partial charge is 0.162 e. The van der Waals surface area contributed by atoms with Crippen LogP contribution >= 0.6 is 0 Å². The second kappa shape index (κ2) is 8.10. The van der Waals surface area contributed by atoms with Crippen LogP contribution in [0.2, 0.25) is 0 Å². The molecule has 1 fully saturated rings. The van der Waals surface area contributed by atoms with Crippen molar-refractivity contribution in [3.8, 4) is 0 Å². The lowest BCUT2D eigenvalue weighted by molar-refractivity contribution is -0.0873. The number of hydrogen-bond acceptors (Lipinski definition) is 9. The highest BCUT2D eigenvalue weighted by molar-refractivity contribution is 6.47. The van der Waals surface area contributed by atoms with E-state index in [0.717, 1.165) is 25.7 Å². The third-order valence-corrected chi connectivity index (χ3v) is 4.96. The van der Waals surface area contributed by atoms with Crippen LogP contribution in [-0.4, -0.2) is 83.1 Å². The molecule has 0 aromatic carbocycles. The Labute approximate surface area is 153 Å². The van der Waals surface area contributed by atoms with E-state index in [9.17, 15) is 10.2 Å². The normalized spacial score (nSPS) is 36.3. The van der Waals surface area contributed by atoms with Crippen molar-refractivity contribution in [3.63, 3.8) is 0 Å². The Morgan fingerprint density at radius 2 is 2.23 bits per heavy atom. The summed E-state index contributed by atoms with van der Waals surface area (Å²) in [5.41, 5.74) is 5.82. The fourth-order valence-electron chi connectivity index (χ4n) is 3.46. The summed E-state index contributed by atoms with van der Waals surface area (Å²) in [7, 11) is 0. The van der Waals surface area contributed by atoms with Crippen LogP contribution in [0.3, 0.4) is 0 Å². The van der Waals surface area contributed by atoms with Gasteiger partial charge in [0.2, 0.25) is 0 Å². The highest BCUT2D eigenvalue weighted by atomic mass is 16.6. The van der Waals surface area contributed by atoms with Gasteiger partial charge in [0, 0.05) is 6.61 Å². The number of ether oxygens (including phenoxy) is 2. The van der Waals surface area contributed by atoms with Crippen LogP contribution in [0.4, 0.5) is 0 Å². The van der Waals surface area contributed by atoms with Crippen molar-refractivity contribution in [1.82, 2.24) is 4.90 Å². The second-order valence-corrected chi connectivity index (χ2v) is 7.10. The molecule has 9 heteroatoms. The number of nitrogens with zero attached hydrogens (tertiary/aromatic N) is 4. The molecule has 146 valence electrons. The number of fused-ring (bicyclic) bond motifs is 1. The number of aliphatic hydroxyl groups excluding tert-OH is 2. The Morgan fingerprint density at radius 3 is 2.96 bits per heavy atom. The number of amidine groups is 1. The first-order valence-corrected chi connectivity index (χ1v) is 9.28. The van der Waals surface area contributed by atoms with Crippen LogP contribution in [-0.2, 0) is 9.47 Å². The van der Waals surface area contributed by atoms with E-state index < -0.39 is 30.2 Å². The number of aliphatic hydroxyl groups is 2. The fourth-order valence-corrected chi connectivity index (χ4v) is 3.46. The maximum atomic E-state index is 10.5. The molecule has 0 bridgehead atoms. The van der Waals surface area contributed by atoms with Gasteiger partial charge in [0.15, 0.2) is 17.7 Å². The van der Waals surface area contributed by atoms with E-state index in [-0.39, 0.29) is 6.61 Å². The van der Waals surface area contributed by atoms with Crippen LogP contribution in [0.15, 0.2) is 15.0 Å². The van der Waals surface area contributed by atoms with Gasteiger partial charge in [-0.1, -0.05) is 26.2 Å². The van der Waals surface area contributed by atoms with Gasteiger partial charge in [-0.25, -0.2) is 9.98 Å². The minimum absolute atomic E-state index is 0.280. The summed E-state index contributed by atoms with van der Waals surface area (Å²) >= 11 is 0. The lowest BCUT2D eigenvalue weighted by Crippen LogP contribution is -2.54. The molecule has 9 nitrogen and oxygen atoms in total. The lowest BCUT2D eigenvalue weighted by atomic mass is 10.1. The maximum Gasteiger partial charge on any atom is 0.162 e. The monoisotopic (exact) mass is 367 g/mol. The van der Waals surface area contributed by atoms with Gasteiger partial charge in [0.05, 0.1) is 6.61 Å². The lowest BCUT2D eigenvalue weighted by Gasteiger charge is -2.32. The summed E-state index contributed by atoms with van der Waals surface area (Å²) in [6.07, 6.45) is 2.94. The number of hydrogen-bond donors (Lipinski definition) is 3. The molecule has 4 N–H and O–H groups in total. The van der Waals surface area contributed by atoms with E-state index in [1.807, 2.05) is 4.90 Å². The Kier molecular flexibility index (Phi) is 6.03. The van der Waals surface area contributed by atoms with Crippen LogP contribution in [0.1, 0.15) is 39.5 Å². The molecule has 0 aliphatic carbocycles. The number of nitrogens with two attached hydrogens (primary N) is 1. The van der Waals surface area contributed by atoms with E-state index in [2.05, 4.69) is 21.9 Å². The highest BCUT2D eigenvalue weighted by Gasteiger charge is 2.50. The summed E-state index contributed by atoms with van der Waals surface area (Å²) in [6.45, 7) is 4.47. The molecule has 0 aromatic heterocycles.